The molecule has 0 bridgehead atoms. The lowest BCUT2D eigenvalue weighted by Gasteiger charge is -2.08. The maximum absolute atomic E-state index is 12.7. The Bertz CT molecular complexity index is 1630. The van der Waals surface area contributed by atoms with Gasteiger partial charge in [0.15, 0.2) is 11.5 Å². The Morgan fingerprint density at radius 2 is 1.44 bits per heavy atom. The van der Waals surface area contributed by atoms with E-state index in [2.05, 4.69) is 16.8 Å². The average molecular weight is 581 g/mol. The molecular weight excluding hydrogens is 548 g/mol. The quantitative estimate of drug-likeness (QED) is 0.0452. The van der Waals surface area contributed by atoms with Crippen LogP contribution < -0.4 is 14.2 Å². The number of fused-ring (bicyclic) bond motifs is 1. The number of phenols is 1. The maximum Gasteiger partial charge on any atom is 0.343 e. The number of ether oxygens (including phenoxy) is 4. The second kappa shape index (κ2) is 15.5. The van der Waals surface area contributed by atoms with Crippen LogP contribution in [0.25, 0.3) is 10.8 Å². The summed E-state index contributed by atoms with van der Waals surface area (Å²) in [6, 6.07) is 22.9. The van der Waals surface area contributed by atoms with Gasteiger partial charge in [-0.15, -0.1) is 0 Å². The zero-order chi connectivity index (χ0) is 30.4. The molecule has 0 spiro atoms. The molecule has 0 aliphatic carbocycles. The van der Waals surface area contributed by atoms with E-state index >= 15 is 0 Å². The number of benzene rings is 4. The second-order valence-corrected chi connectivity index (χ2v) is 9.26. The highest BCUT2D eigenvalue weighted by Gasteiger charge is 2.10. The van der Waals surface area contributed by atoms with Gasteiger partial charge >= 0.3 is 11.9 Å². The summed E-state index contributed by atoms with van der Waals surface area (Å²) < 4.78 is 21.6. The zero-order valence-electron chi connectivity index (χ0n) is 23.8. The zero-order valence-corrected chi connectivity index (χ0v) is 23.8. The number of unbranched alkanes of at least 4 members (excludes halogenated alkanes) is 1. The molecule has 0 atom stereocenters. The topological polar surface area (TPSA) is 116 Å². The molecule has 0 saturated heterocycles. The summed E-state index contributed by atoms with van der Waals surface area (Å²) in [5.74, 6) is 0.626. The molecule has 0 amide bonds. The summed E-state index contributed by atoms with van der Waals surface area (Å²) in [4.78, 5) is 23.7. The third kappa shape index (κ3) is 9.29. The molecule has 0 aliphatic heterocycles. The van der Waals surface area contributed by atoms with Crippen molar-refractivity contribution < 1.29 is 33.6 Å². The summed E-state index contributed by atoms with van der Waals surface area (Å²) >= 11 is 0. The average Bonchev–Trinajstić information content (AvgIpc) is 3.02. The molecule has 220 valence electrons. The van der Waals surface area contributed by atoms with Crippen molar-refractivity contribution in [3.8, 4) is 23.0 Å². The predicted octanol–water partition coefficient (Wildman–Crippen LogP) is 6.50. The van der Waals surface area contributed by atoms with Gasteiger partial charge in [0.1, 0.15) is 11.5 Å². The number of nitrogens with zero attached hydrogens (tertiary/aromatic N) is 2. The Morgan fingerprint density at radius 1 is 0.791 bits per heavy atom. The van der Waals surface area contributed by atoms with Crippen LogP contribution in [0.15, 0.2) is 102 Å². The minimum atomic E-state index is -0.474. The largest absolute Gasteiger partial charge is 0.504 e. The molecule has 4 aromatic rings. The lowest BCUT2D eigenvalue weighted by atomic mass is 10.1. The van der Waals surface area contributed by atoms with Crippen LogP contribution in [0.3, 0.4) is 0 Å². The van der Waals surface area contributed by atoms with Crippen LogP contribution in [0.4, 0.5) is 0 Å². The molecule has 0 radical (unpaired) electrons. The first kappa shape index (κ1) is 30.5. The van der Waals surface area contributed by atoms with Crippen LogP contribution in [0.2, 0.25) is 0 Å². The lowest BCUT2D eigenvalue weighted by molar-refractivity contribution is -0.137. The second-order valence-electron chi connectivity index (χ2n) is 9.26. The van der Waals surface area contributed by atoms with Crippen LogP contribution >= 0.6 is 0 Å². The number of carbonyl (C=O) groups is 2. The van der Waals surface area contributed by atoms with Crippen molar-refractivity contribution in [2.75, 3.05) is 19.8 Å². The monoisotopic (exact) mass is 580 g/mol. The van der Waals surface area contributed by atoms with Crippen molar-refractivity contribution >= 4 is 35.1 Å². The van der Waals surface area contributed by atoms with E-state index in [1.807, 2.05) is 31.2 Å². The molecule has 0 aliphatic rings. The summed E-state index contributed by atoms with van der Waals surface area (Å²) in [6.45, 7) is 6.42. The molecule has 43 heavy (non-hydrogen) atoms. The van der Waals surface area contributed by atoms with Gasteiger partial charge in [0.25, 0.3) is 0 Å². The molecule has 0 saturated carbocycles. The van der Waals surface area contributed by atoms with Gasteiger partial charge in [-0.25, -0.2) is 9.59 Å². The molecule has 9 heteroatoms. The highest BCUT2D eigenvalue weighted by Crippen LogP contribution is 2.26. The predicted molar refractivity (Wildman–Crippen MR) is 166 cm³/mol. The molecule has 0 unspecified atom stereocenters. The van der Waals surface area contributed by atoms with E-state index in [1.165, 1.54) is 0 Å². The molecule has 4 rings (SSSR count). The van der Waals surface area contributed by atoms with Gasteiger partial charge in [0.2, 0.25) is 0 Å². The van der Waals surface area contributed by atoms with E-state index in [9.17, 15) is 14.7 Å². The minimum Gasteiger partial charge on any atom is -0.504 e. The van der Waals surface area contributed by atoms with Crippen LogP contribution in [0.1, 0.15) is 41.3 Å². The highest BCUT2D eigenvalue weighted by atomic mass is 16.5. The fourth-order valence-corrected chi connectivity index (χ4v) is 3.95. The van der Waals surface area contributed by atoms with E-state index in [4.69, 9.17) is 18.9 Å². The molecule has 9 nitrogen and oxygen atoms in total. The first-order chi connectivity index (χ1) is 20.9. The van der Waals surface area contributed by atoms with Gasteiger partial charge in [-0.3, -0.25) is 0 Å². The third-order valence-electron chi connectivity index (χ3n) is 6.12. The molecule has 4 aromatic carbocycles. The summed E-state index contributed by atoms with van der Waals surface area (Å²) in [5.41, 5.74) is 2.01. The number of hydrogen-bond acceptors (Lipinski definition) is 9. The normalized spacial score (nSPS) is 11.1. The van der Waals surface area contributed by atoms with Gasteiger partial charge in [-0.2, -0.15) is 10.2 Å². The Labute approximate surface area is 249 Å². The lowest BCUT2D eigenvalue weighted by Crippen LogP contribution is -2.08. The van der Waals surface area contributed by atoms with Crippen LogP contribution in [-0.4, -0.2) is 49.3 Å². The van der Waals surface area contributed by atoms with Crippen molar-refractivity contribution in [3.05, 3.63) is 108 Å². The Morgan fingerprint density at radius 3 is 2.19 bits per heavy atom. The highest BCUT2D eigenvalue weighted by molar-refractivity contribution is 5.94. The van der Waals surface area contributed by atoms with E-state index < -0.39 is 11.9 Å². The fourth-order valence-electron chi connectivity index (χ4n) is 3.95. The van der Waals surface area contributed by atoms with Crippen molar-refractivity contribution in [3.63, 3.8) is 0 Å². The van der Waals surface area contributed by atoms with E-state index in [1.54, 1.807) is 67.0 Å². The van der Waals surface area contributed by atoms with Crippen LogP contribution in [-0.2, 0) is 9.53 Å². The number of carbonyl (C=O) groups excluding carboxylic acids is 2. The first-order valence-electron chi connectivity index (χ1n) is 13.8. The van der Waals surface area contributed by atoms with Gasteiger partial charge in [-0.05, 0) is 102 Å². The summed E-state index contributed by atoms with van der Waals surface area (Å²) in [5, 5.41) is 19.9. The third-order valence-corrected chi connectivity index (χ3v) is 6.12. The molecule has 0 fully saturated rings. The van der Waals surface area contributed by atoms with Gasteiger partial charge < -0.3 is 24.1 Å². The number of esters is 2. The van der Waals surface area contributed by atoms with Crippen molar-refractivity contribution in [2.45, 2.75) is 19.8 Å². The minimum absolute atomic E-state index is 0.0759. The van der Waals surface area contributed by atoms with E-state index in [-0.39, 0.29) is 5.75 Å². The number of phenolic OH excluding ortho intramolecular Hbond substituents is 1. The van der Waals surface area contributed by atoms with Gasteiger partial charge in [0.05, 0.1) is 37.8 Å². The standard InChI is InChI=1S/C34H32N2O7/c1-3-33(38)42-18-6-5-17-41-29-13-10-26(11-14-29)34(39)43-30-15-12-27-19-24(7-9-28(27)21-30)22-35-36-23-25-8-16-31(37)32(20-25)40-4-2/h3,7-16,19-23,37H,1,4-6,17-18H2,2H3/b35-22+,36-23+. The first-order valence-corrected chi connectivity index (χ1v) is 13.8. The van der Waals surface area contributed by atoms with E-state index in [0.717, 1.165) is 34.4 Å². The molecular formula is C34H32N2O7. The van der Waals surface area contributed by atoms with Gasteiger partial charge in [-0.1, -0.05) is 24.8 Å². The number of rotatable bonds is 14. The molecule has 0 aromatic heterocycles. The number of hydrogen-bond donors (Lipinski definition) is 1. The van der Waals surface area contributed by atoms with E-state index in [0.29, 0.717) is 49.1 Å². The fraction of sp³-hybridized carbons (Fsp3) is 0.176. The summed E-state index contributed by atoms with van der Waals surface area (Å²) in [7, 11) is 0. The van der Waals surface area contributed by atoms with Crippen LogP contribution in [0, 0.1) is 0 Å². The SMILES string of the molecule is C=CC(=O)OCCCCOc1ccc(C(=O)Oc2ccc3cc(/C=N/N=C/c4ccc(O)c(OCC)c4)ccc3c2)cc1. The maximum atomic E-state index is 12.7. The van der Waals surface area contributed by atoms with Gasteiger partial charge in [0, 0.05) is 6.08 Å². The molecule has 1 N–H and O–H groups in total. The smallest absolute Gasteiger partial charge is 0.343 e. The Kier molecular flexibility index (Phi) is 11.0. The molecule has 0 heterocycles. The summed E-state index contributed by atoms with van der Waals surface area (Å²) in [6.07, 6.45) is 5.75. The van der Waals surface area contributed by atoms with Crippen molar-refractivity contribution in [1.82, 2.24) is 0 Å². The number of aromatic hydroxyl groups is 1. The Balaban J connectivity index is 1.28. The van der Waals surface area contributed by atoms with Crippen molar-refractivity contribution in [2.24, 2.45) is 10.2 Å². The van der Waals surface area contributed by atoms with Crippen LogP contribution in [0.5, 0.6) is 23.0 Å². The Hall–Kier alpha value is -5.44. The van der Waals surface area contributed by atoms with Crippen molar-refractivity contribution in [1.29, 1.82) is 0 Å².